The first-order chi connectivity index (χ1) is 7.81. The molecule has 0 spiro atoms. The fourth-order valence-electron chi connectivity index (χ4n) is 2.33. The molecule has 1 aliphatic carbocycles. The molecule has 1 aliphatic rings. The second-order valence-corrected chi connectivity index (χ2v) is 5.83. The Hall–Kier alpha value is -0.410. The van der Waals surface area contributed by atoms with Gasteiger partial charge in [0.1, 0.15) is 0 Å². The van der Waals surface area contributed by atoms with E-state index in [2.05, 4.69) is 23.9 Å². The zero-order valence-corrected chi connectivity index (χ0v) is 10.8. The summed E-state index contributed by atoms with van der Waals surface area (Å²) >= 11 is 1.97. The van der Waals surface area contributed by atoms with Gasteiger partial charge in [-0.1, -0.05) is 13.3 Å². The van der Waals surface area contributed by atoms with Gasteiger partial charge in [0, 0.05) is 30.3 Å². The number of nitrogens with zero attached hydrogens (tertiary/aromatic N) is 1. The van der Waals surface area contributed by atoms with Crippen molar-refractivity contribution in [3.05, 3.63) is 23.5 Å². The molecule has 1 N–H and O–H groups in total. The molecule has 0 bridgehead atoms. The Morgan fingerprint density at radius 1 is 1.44 bits per heavy atom. The van der Waals surface area contributed by atoms with Gasteiger partial charge in [0.05, 0.1) is 6.10 Å². The van der Waals surface area contributed by atoms with Crippen LogP contribution in [0.4, 0.5) is 0 Å². The minimum Gasteiger partial charge on any atom is -0.388 e. The largest absolute Gasteiger partial charge is 0.388 e. The molecule has 0 radical (unpaired) electrons. The number of aryl methyl sites for hydroxylation is 2. The van der Waals surface area contributed by atoms with Crippen LogP contribution in [0.25, 0.3) is 0 Å². The fourth-order valence-corrected chi connectivity index (χ4v) is 2.96. The van der Waals surface area contributed by atoms with Crippen LogP contribution in [0.3, 0.4) is 0 Å². The van der Waals surface area contributed by atoms with E-state index >= 15 is 0 Å². The quantitative estimate of drug-likeness (QED) is 0.645. The van der Waals surface area contributed by atoms with Crippen molar-refractivity contribution >= 4 is 11.8 Å². The molecule has 1 heterocycles. The van der Waals surface area contributed by atoms with Crippen LogP contribution in [0.1, 0.15) is 43.4 Å². The van der Waals surface area contributed by atoms with Crippen molar-refractivity contribution in [1.82, 2.24) is 4.57 Å². The highest BCUT2D eigenvalue weighted by Gasteiger charge is 2.17. The van der Waals surface area contributed by atoms with Gasteiger partial charge in [-0.2, -0.15) is 11.8 Å². The molecule has 1 unspecified atom stereocenters. The van der Waals surface area contributed by atoms with Crippen LogP contribution in [-0.4, -0.2) is 21.2 Å². The third-order valence-electron chi connectivity index (χ3n) is 3.23. The summed E-state index contributed by atoms with van der Waals surface area (Å²) in [5, 5.41) is 10.0. The van der Waals surface area contributed by atoms with E-state index in [1.54, 1.807) is 0 Å². The predicted molar refractivity (Wildman–Crippen MR) is 69.9 cm³/mol. The molecule has 2 nitrogen and oxygen atoms in total. The smallest absolute Gasteiger partial charge is 0.0807 e. The number of hydrogen-bond donors (Lipinski definition) is 1. The van der Waals surface area contributed by atoms with Gasteiger partial charge in [-0.15, -0.1) is 0 Å². The first-order valence-corrected chi connectivity index (χ1v) is 7.41. The highest BCUT2D eigenvalue weighted by Crippen LogP contribution is 2.29. The molecule has 0 aromatic carbocycles. The highest BCUT2D eigenvalue weighted by molar-refractivity contribution is 7.99. The molecule has 90 valence electrons. The van der Waals surface area contributed by atoms with Crippen LogP contribution in [-0.2, 0) is 13.0 Å². The van der Waals surface area contributed by atoms with E-state index in [9.17, 15) is 5.11 Å². The number of hydrogen-bond acceptors (Lipinski definition) is 2. The average molecular weight is 239 g/mol. The van der Waals surface area contributed by atoms with Crippen LogP contribution in [0.15, 0.2) is 12.4 Å². The van der Waals surface area contributed by atoms with Crippen LogP contribution in [0.5, 0.6) is 0 Å². The van der Waals surface area contributed by atoms with Crippen LogP contribution >= 0.6 is 11.8 Å². The topological polar surface area (TPSA) is 25.2 Å². The normalized spacial score (nSPS) is 20.5. The summed E-state index contributed by atoms with van der Waals surface area (Å²) in [4.78, 5) is 0. The lowest BCUT2D eigenvalue weighted by Crippen LogP contribution is -1.99. The predicted octanol–water partition coefficient (Wildman–Crippen LogP) is 3.00. The van der Waals surface area contributed by atoms with Crippen LogP contribution < -0.4 is 0 Å². The molecule has 16 heavy (non-hydrogen) atoms. The molecule has 0 fully saturated rings. The zero-order chi connectivity index (χ0) is 11.4. The van der Waals surface area contributed by atoms with E-state index in [1.165, 1.54) is 29.1 Å². The van der Waals surface area contributed by atoms with E-state index < -0.39 is 0 Å². The second kappa shape index (κ2) is 5.78. The van der Waals surface area contributed by atoms with Crippen molar-refractivity contribution < 1.29 is 5.11 Å². The SMILES string of the molecule is CCSCCn1cc2c(c1)C(O)CCCC2. The molecule has 0 aliphatic heterocycles. The maximum atomic E-state index is 10.0. The van der Waals surface area contributed by atoms with Crippen molar-refractivity contribution in [2.75, 3.05) is 11.5 Å². The van der Waals surface area contributed by atoms with E-state index in [-0.39, 0.29) is 6.10 Å². The number of fused-ring (bicyclic) bond motifs is 1. The molecule has 2 rings (SSSR count). The molecule has 3 heteroatoms. The minimum atomic E-state index is -0.224. The lowest BCUT2D eigenvalue weighted by atomic mass is 10.1. The average Bonchev–Trinajstić information content (AvgIpc) is 2.61. The summed E-state index contributed by atoms with van der Waals surface area (Å²) in [5.74, 6) is 2.35. The number of rotatable bonds is 4. The van der Waals surface area contributed by atoms with Gasteiger partial charge < -0.3 is 9.67 Å². The summed E-state index contributed by atoms with van der Waals surface area (Å²) < 4.78 is 2.25. The van der Waals surface area contributed by atoms with E-state index in [4.69, 9.17) is 0 Å². The van der Waals surface area contributed by atoms with Crippen molar-refractivity contribution in [3.8, 4) is 0 Å². The van der Waals surface area contributed by atoms with Crippen molar-refractivity contribution in [2.24, 2.45) is 0 Å². The molecule has 1 aromatic rings. The highest BCUT2D eigenvalue weighted by atomic mass is 32.2. The Morgan fingerprint density at radius 3 is 3.12 bits per heavy atom. The van der Waals surface area contributed by atoms with Crippen LogP contribution in [0, 0.1) is 0 Å². The Bertz CT molecular complexity index is 335. The van der Waals surface area contributed by atoms with Crippen LogP contribution in [0.2, 0.25) is 0 Å². The van der Waals surface area contributed by atoms with E-state index in [0.717, 1.165) is 25.8 Å². The zero-order valence-electron chi connectivity index (χ0n) is 9.98. The first-order valence-electron chi connectivity index (χ1n) is 6.25. The van der Waals surface area contributed by atoms with Crippen molar-refractivity contribution in [2.45, 2.75) is 45.3 Å². The number of aliphatic hydroxyl groups is 1. The third kappa shape index (κ3) is 2.83. The summed E-state index contributed by atoms with van der Waals surface area (Å²) in [6, 6.07) is 0. The van der Waals surface area contributed by atoms with Gasteiger partial charge in [0.25, 0.3) is 0 Å². The monoisotopic (exact) mass is 239 g/mol. The van der Waals surface area contributed by atoms with Gasteiger partial charge in [-0.25, -0.2) is 0 Å². The van der Waals surface area contributed by atoms with Gasteiger partial charge in [0.2, 0.25) is 0 Å². The number of thioether (sulfide) groups is 1. The van der Waals surface area contributed by atoms with E-state index in [0.29, 0.717) is 0 Å². The molecular weight excluding hydrogens is 218 g/mol. The van der Waals surface area contributed by atoms with Crippen molar-refractivity contribution in [3.63, 3.8) is 0 Å². The molecule has 1 aromatic heterocycles. The van der Waals surface area contributed by atoms with Crippen molar-refractivity contribution in [1.29, 1.82) is 0 Å². The maximum Gasteiger partial charge on any atom is 0.0807 e. The standard InChI is InChI=1S/C13H21NOS/c1-2-16-8-7-14-9-11-5-3-4-6-13(15)12(11)10-14/h9-10,13,15H,2-8H2,1H3. The Kier molecular flexibility index (Phi) is 4.36. The van der Waals surface area contributed by atoms with Gasteiger partial charge in [-0.05, 0) is 30.6 Å². The fraction of sp³-hybridized carbons (Fsp3) is 0.692. The Morgan fingerprint density at radius 2 is 2.31 bits per heavy atom. The van der Waals surface area contributed by atoms with Gasteiger partial charge >= 0.3 is 0 Å². The Labute approximate surface area is 102 Å². The third-order valence-corrected chi connectivity index (χ3v) is 4.11. The summed E-state index contributed by atoms with van der Waals surface area (Å²) in [7, 11) is 0. The molecule has 0 saturated heterocycles. The second-order valence-electron chi connectivity index (χ2n) is 4.44. The number of aromatic nitrogens is 1. The molecule has 1 atom stereocenters. The lowest BCUT2D eigenvalue weighted by molar-refractivity contribution is 0.166. The maximum absolute atomic E-state index is 10.0. The minimum absolute atomic E-state index is 0.224. The Balaban J connectivity index is 2.04. The molecular formula is C13H21NOS. The number of aliphatic hydroxyl groups excluding tert-OH is 1. The molecule has 0 saturated carbocycles. The summed E-state index contributed by atoms with van der Waals surface area (Å²) in [6.45, 7) is 3.26. The van der Waals surface area contributed by atoms with Gasteiger partial charge in [0.15, 0.2) is 0 Å². The molecule has 0 amide bonds. The lowest BCUT2D eigenvalue weighted by Gasteiger charge is -2.06. The first kappa shape index (κ1) is 12.1. The summed E-state index contributed by atoms with van der Waals surface area (Å²) in [5.41, 5.74) is 2.55. The van der Waals surface area contributed by atoms with Gasteiger partial charge in [-0.3, -0.25) is 0 Å². The van der Waals surface area contributed by atoms with E-state index in [1.807, 2.05) is 11.8 Å². The summed E-state index contributed by atoms with van der Waals surface area (Å²) in [6.07, 6.45) is 8.61.